The smallest absolute Gasteiger partial charge is 0.127 e. The van der Waals surface area contributed by atoms with Crippen LogP contribution in [0.5, 0.6) is 0 Å². The number of rotatable bonds is 3. The number of halogens is 1. The van der Waals surface area contributed by atoms with Crippen molar-refractivity contribution >= 4 is 0 Å². The molecule has 0 radical (unpaired) electrons. The van der Waals surface area contributed by atoms with E-state index in [0.29, 0.717) is 5.56 Å². The lowest BCUT2D eigenvalue weighted by molar-refractivity contribution is 0.206. The molecule has 0 bridgehead atoms. The molecule has 0 aromatic heterocycles. The number of benzene rings is 1. The van der Waals surface area contributed by atoms with Crippen LogP contribution in [0.1, 0.15) is 18.1 Å². The van der Waals surface area contributed by atoms with E-state index in [-0.39, 0.29) is 19.0 Å². The van der Waals surface area contributed by atoms with Crippen LogP contribution in [0.25, 0.3) is 0 Å². The first-order valence-corrected chi connectivity index (χ1v) is 4.61. The van der Waals surface area contributed by atoms with Gasteiger partial charge in [-0.2, -0.15) is 0 Å². The van der Waals surface area contributed by atoms with Crippen LogP contribution in [-0.4, -0.2) is 18.3 Å². The lowest BCUT2D eigenvalue weighted by atomic mass is 9.82. The molecule has 1 atom stereocenters. The third kappa shape index (κ3) is 1.94. The molecule has 0 amide bonds. The summed E-state index contributed by atoms with van der Waals surface area (Å²) in [5.41, 5.74) is 6.31. The quantitative estimate of drug-likeness (QED) is 0.768. The normalized spacial score (nSPS) is 15.2. The number of hydrogen-bond donors (Lipinski definition) is 2. The number of nitrogens with two attached hydrogens (primary N) is 1. The van der Waals surface area contributed by atoms with Gasteiger partial charge in [0.15, 0.2) is 0 Å². The number of aliphatic hydroxyl groups is 1. The maximum atomic E-state index is 13.5. The van der Waals surface area contributed by atoms with E-state index >= 15 is 0 Å². The molecule has 3 heteroatoms. The highest BCUT2D eigenvalue weighted by molar-refractivity contribution is 5.31. The molecule has 1 aromatic carbocycles. The Morgan fingerprint density at radius 2 is 2.14 bits per heavy atom. The fourth-order valence-electron chi connectivity index (χ4n) is 1.36. The Balaban J connectivity index is 3.22. The summed E-state index contributed by atoms with van der Waals surface area (Å²) in [5, 5.41) is 9.21. The van der Waals surface area contributed by atoms with Gasteiger partial charge >= 0.3 is 0 Å². The maximum Gasteiger partial charge on any atom is 0.127 e. The summed E-state index contributed by atoms with van der Waals surface area (Å²) in [5.74, 6) is -0.308. The SMILES string of the molecule is Cc1ccc(F)c(C(C)(CN)CO)c1. The molecule has 3 N–H and O–H groups in total. The highest BCUT2D eigenvalue weighted by atomic mass is 19.1. The Morgan fingerprint density at radius 3 is 2.64 bits per heavy atom. The van der Waals surface area contributed by atoms with Gasteiger partial charge in [0.2, 0.25) is 0 Å². The van der Waals surface area contributed by atoms with Gasteiger partial charge in [0.1, 0.15) is 5.82 Å². The fraction of sp³-hybridized carbons (Fsp3) is 0.455. The van der Waals surface area contributed by atoms with Gasteiger partial charge in [-0.15, -0.1) is 0 Å². The van der Waals surface area contributed by atoms with Crippen molar-refractivity contribution in [3.05, 3.63) is 35.1 Å². The molecule has 0 aliphatic rings. The lowest BCUT2D eigenvalue weighted by Crippen LogP contribution is -2.36. The molecule has 0 spiro atoms. The zero-order valence-corrected chi connectivity index (χ0v) is 8.55. The highest BCUT2D eigenvalue weighted by Gasteiger charge is 2.27. The topological polar surface area (TPSA) is 46.2 Å². The minimum absolute atomic E-state index is 0.149. The van der Waals surface area contributed by atoms with Crippen molar-refractivity contribution in [2.45, 2.75) is 19.3 Å². The van der Waals surface area contributed by atoms with Gasteiger partial charge in [-0.3, -0.25) is 0 Å². The molecule has 0 aliphatic heterocycles. The minimum atomic E-state index is -0.684. The van der Waals surface area contributed by atoms with Gasteiger partial charge in [-0.05, 0) is 18.6 Å². The molecular weight excluding hydrogens is 181 g/mol. The molecule has 0 fully saturated rings. The van der Waals surface area contributed by atoms with Crippen molar-refractivity contribution < 1.29 is 9.50 Å². The van der Waals surface area contributed by atoms with Crippen LogP contribution in [0, 0.1) is 12.7 Å². The summed E-state index contributed by atoms with van der Waals surface area (Å²) < 4.78 is 13.5. The van der Waals surface area contributed by atoms with Crippen molar-refractivity contribution in [3.63, 3.8) is 0 Å². The second-order valence-corrected chi connectivity index (χ2v) is 3.91. The highest BCUT2D eigenvalue weighted by Crippen LogP contribution is 2.25. The predicted molar refractivity (Wildman–Crippen MR) is 54.6 cm³/mol. The van der Waals surface area contributed by atoms with Crippen LogP contribution in [-0.2, 0) is 5.41 Å². The number of hydrogen-bond acceptors (Lipinski definition) is 2. The monoisotopic (exact) mass is 197 g/mol. The molecule has 2 nitrogen and oxygen atoms in total. The van der Waals surface area contributed by atoms with Crippen molar-refractivity contribution in [1.82, 2.24) is 0 Å². The van der Waals surface area contributed by atoms with E-state index in [1.54, 1.807) is 19.1 Å². The first-order chi connectivity index (χ1) is 6.53. The van der Waals surface area contributed by atoms with Gasteiger partial charge in [-0.1, -0.05) is 24.6 Å². The number of aryl methyl sites for hydroxylation is 1. The first kappa shape index (κ1) is 11.1. The average molecular weight is 197 g/mol. The molecular formula is C11H16FNO. The summed E-state index contributed by atoms with van der Waals surface area (Å²) in [4.78, 5) is 0. The molecule has 78 valence electrons. The second kappa shape index (κ2) is 4.07. The van der Waals surface area contributed by atoms with Gasteiger partial charge in [-0.25, -0.2) is 4.39 Å². The van der Waals surface area contributed by atoms with Crippen molar-refractivity contribution in [1.29, 1.82) is 0 Å². The van der Waals surface area contributed by atoms with Gasteiger partial charge in [0, 0.05) is 12.0 Å². The van der Waals surface area contributed by atoms with Crippen LogP contribution in [0.4, 0.5) is 4.39 Å². The van der Waals surface area contributed by atoms with Gasteiger partial charge in [0.25, 0.3) is 0 Å². The van der Waals surface area contributed by atoms with Crippen LogP contribution >= 0.6 is 0 Å². The Bertz CT molecular complexity index is 321. The average Bonchev–Trinajstić information content (AvgIpc) is 2.20. The van der Waals surface area contributed by atoms with E-state index in [1.165, 1.54) is 6.07 Å². The zero-order chi connectivity index (χ0) is 10.8. The second-order valence-electron chi connectivity index (χ2n) is 3.91. The van der Waals surface area contributed by atoms with Crippen LogP contribution in [0.2, 0.25) is 0 Å². The molecule has 14 heavy (non-hydrogen) atoms. The van der Waals surface area contributed by atoms with E-state index in [1.807, 2.05) is 6.92 Å². The van der Waals surface area contributed by atoms with E-state index in [9.17, 15) is 9.50 Å². The van der Waals surface area contributed by atoms with Crippen molar-refractivity contribution in [3.8, 4) is 0 Å². The Hall–Kier alpha value is -0.930. The Labute approximate surface area is 83.6 Å². The summed E-state index contributed by atoms with van der Waals surface area (Å²) >= 11 is 0. The van der Waals surface area contributed by atoms with Crippen LogP contribution in [0.3, 0.4) is 0 Å². The molecule has 0 heterocycles. The van der Waals surface area contributed by atoms with Gasteiger partial charge < -0.3 is 10.8 Å². The van der Waals surface area contributed by atoms with E-state index in [0.717, 1.165) is 5.56 Å². The molecule has 1 rings (SSSR count). The third-order valence-electron chi connectivity index (χ3n) is 2.57. The Morgan fingerprint density at radius 1 is 1.50 bits per heavy atom. The number of aliphatic hydroxyl groups excluding tert-OH is 1. The van der Waals surface area contributed by atoms with Crippen molar-refractivity contribution in [2.24, 2.45) is 5.73 Å². The van der Waals surface area contributed by atoms with E-state index in [2.05, 4.69) is 0 Å². The largest absolute Gasteiger partial charge is 0.395 e. The minimum Gasteiger partial charge on any atom is -0.395 e. The van der Waals surface area contributed by atoms with E-state index in [4.69, 9.17) is 5.73 Å². The zero-order valence-electron chi connectivity index (χ0n) is 8.55. The Kier molecular flexibility index (Phi) is 3.24. The molecule has 1 unspecified atom stereocenters. The molecule has 0 aliphatic carbocycles. The summed E-state index contributed by atoms with van der Waals surface area (Å²) in [6.45, 7) is 3.72. The van der Waals surface area contributed by atoms with Crippen LogP contribution in [0.15, 0.2) is 18.2 Å². The van der Waals surface area contributed by atoms with E-state index < -0.39 is 5.41 Å². The van der Waals surface area contributed by atoms with Gasteiger partial charge in [0.05, 0.1) is 6.61 Å². The predicted octanol–water partition coefficient (Wildman–Crippen LogP) is 1.34. The maximum absolute atomic E-state index is 13.5. The molecule has 0 saturated heterocycles. The molecule has 0 saturated carbocycles. The summed E-state index contributed by atoms with van der Waals surface area (Å²) in [6, 6.07) is 4.85. The fourth-order valence-corrected chi connectivity index (χ4v) is 1.36. The summed E-state index contributed by atoms with van der Waals surface area (Å²) in [7, 11) is 0. The third-order valence-corrected chi connectivity index (χ3v) is 2.57. The standard InChI is InChI=1S/C11H16FNO/c1-8-3-4-10(12)9(5-8)11(2,6-13)7-14/h3-5,14H,6-7,13H2,1-2H3. The first-order valence-electron chi connectivity index (χ1n) is 4.61. The lowest BCUT2D eigenvalue weighted by Gasteiger charge is -2.26. The van der Waals surface area contributed by atoms with Crippen molar-refractivity contribution in [2.75, 3.05) is 13.2 Å². The van der Waals surface area contributed by atoms with Crippen LogP contribution < -0.4 is 5.73 Å². The molecule has 1 aromatic rings. The summed E-state index contributed by atoms with van der Waals surface area (Å²) in [6.07, 6.45) is 0.